The van der Waals surface area contributed by atoms with Crippen molar-refractivity contribution in [1.82, 2.24) is 14.8 Å². The Hall–Kier alpha value is -3.27. The SMILES string of the molecule is C=C(N=C(/C=C(\N)c1ccc(F)c(Cl)c1)N1CCN(c2ncccc2C(F)(F)F)CC1)N1CCCCC1. The van der Waals surface area contributed by atoms with Crippen LogP contribution < -0.4 is 10.6 Å². The maximum Gasteiger partial charge on any atom is 0.419 e. The highest BCUT2D eigenvalue weighted by Gasteiger charge is 2.36. The molecule has 0 saturated carbocycles. The lowest BCUT2D eigenvalue weighted by atomic mass is 10.1. The Kier molecular flexibility index (Phi) is 8.26. The molecule has 1 aromatic heterocycles. The quantitative estimate of drug-likeness (QED) is 0.316. The van der Waals surface area contributed by atoms with Crippen molar-refractivity contribution in [2.24, 2.45) is 10.7 Å². The van der Waals surface area contributed by atoms with Crippen LogP contribution in [0.25, 0.3) is 5.70 Å². The summed E-state index contributed by atoms with van der Waals surface area (Å²) in [5.74, 6) is 0.504. The molecule has 2 fully saturated rings. The van der Waals surface area contributed by atoms with Gasteiger partial charge in [-0.1, -0.05) is 18.2 Å². The van der Waals surface area contributed by atoms with Gasteiger partial charge in [-0.05, 0) is 55.2 Å². The van der Waals surface area contributed by atoms with E-state index in [1.807, 2.05) is 4.90 Å². The van der Waals surface area contributed by atoms with Crippen LogP contribution in [-0.2, 0) is 6.18 Å². The third-order valence-corrected chi connectivity index (χ3v) is 6.79. The van der Waals surface area contributed by atoms with Crippen molar-refractivity contribution in [2.75, 3.05) is 44.2 Å². The maximum absolute atomic E-state index is 13.7. The number of alkyl halides is 3. The molecule has 0 spiro atoms. The molecule has 0 atom stereocenters. The summed E-state index contributed by atoms with van der Waals surface area (Å²) in [5, 5.41) is -0.0468. The Morgan fingerprint density at radius 1 is 1.03 bits per heavy atom. The van der Waals surface area contributed by atoms with Crippen molar-refractivity contribution in [3.63, 3.8) is 0 Å². The molecular weight excluding hydrogens is 508 g/mol. The number of benzene rings is 1. The van der Waals surface area contributed by atoms with Crippen LogP contribution >= 0.6 is 11.6 Å². The zero-order valence-electron chi connectivity index (χ0n) is 20.3. The van der Waals surface area contributed by atoms with Crippen molar-refractivity contribution in [3.8, 4) is 0 Å². The number of anilines is 1. The Morgan fingerprint density at radius 2 is 1.73 bits per heavy atom. The fourth-order valence-corrected chi connectivity index (χ4v) is 4.65. The number of hydrogen-bond acceptors (Lipinski definition) is 5. The molecule has 0 amide bonds. The molecule has 37 heavy (non-hydrogen) atoms. The van der Waals surface area contributed by atoms with E-state index in [9.17, 15) is 17.6 Å². The summed E-state index contributed by atoms with van der Waals surface area (Å²) in [6, 6.07) is 6.54. The lowest BCUT2D eigenvalue weighted by Gasteiger charge is -2.38. The fraction of sp³-hybridized carbons (Fsp3) is 0.385. The number of rotatable bonds is 5. The van der Waals surface area contributed by atoms with Gasteiger partial charge in [0.25, 0.3) is 0 Å². The van der Waals surface area contributed by atoms with Crippen LogP contribution in [0.4, 0.5) is 23.4 Å². The van der Waals surface area contributed by atoms with Gasteiger partial charge in [0.2, 0.25) is 0 Å². The highest BCUT2D eigenvalue weighted by molar-refractivity contribution is 6.30. The summed E-state index contributed by atoms with van der Waals surface area (Å²) in [5.41, 5.74) is 6.45. The largest absolute Gasteiger partial charge is 0.419 e. The summed E-state index contributed by atoms with van der Waals surface area (Å²) >= 11 is 5.94. The average molecular weight is 537 g/mol. The molecule has 2 aromatic rings. The van der Waals surface area contributed by atoms with Gasteiger partial charge in [-0.2, -0.15) is 13.2 Å². The predicted octanol–water partition coefficient (Wildman–Crippen LogP) is 5.37. The monoisotopic (exact) mass is 536 g/mol. The van der Waals surface area contributed by atoms with Crippen molar-refractivity contribution in [2.45, 2.75) is 25.4 Å². The number of aliphatic imine (C=N–C) groups is 1. The molecule has 4 rings (SSSR count). The predicted molar refractivity (Wildman–Crippen MR) is 139 cm³/mol. The summed E-state index contributed by atoms with van der Waals surface area (Å²) < 4.78 is 54.2. The fourth-order valence-electron chi connectivity index (χ4n) is 4.46. The van der Waals surface area contributed by atoms with E-state index in [-0.39, 0.29) is 10.8 Å². The third-order valence-electron chi connectivity index (χ3n) is 6.50. The van der Waals surface area contributed by atoms with Gasteiger partial charge in [-0.3, -0.25) is 0 Å². The first-order chi connectivity index (χ1) is 17.6. The second kappa shape index (κ2) is 11.4. The molecule has 2 saturated heterocycles. The van der Waals surface area contributed by atoms with E-state index in [2.05, 4.69) is 16.5 Å². The zero-order chi connectivity index (χ0) is 26.6. The minimum Gasteiger partial charge on any atom is -0.398 e. The molecule has 198 valence electrons. The Morgan fingerprint density at radius 3 is 2.38 bits per heavy atom. The topological polar surface area (TPSA) is 61.0 Å². The number of likely N-dealkylation sites (tertiary alicyclic amines) is 1. The van der Waals surface area contributed by atoms with E-state index in [0.29, 0.717) is 49.1 Å². The molecular formula is C26H29ClF4N6. The number of halogens is 5. The highest BCUT2D eigenvalue weighted by Crippen LogP contribution is 2.35. The summed E-state index contributed by atoms with van der Waals surface area (Å²) in [6.07, 6.45) is 1.82. The second-order valence-electron chi connectivity index (χ2n) is 9.01. The second-order valence-corrected chi connectivity index (χ2v) is 9.42. The van der Waals surface area contributed by atoms with Crippen LogP contribution in [0.1, 0.15) is 30.4 Å². The molecule has 0 aliphatic carbocycles. The van der Waals surface area contributed by atoms with E-state index in [4.69, 9.17) is 22.3 Å². The lowest BCUT2D eigenvalue weighted by molar-refractivity contribution is -0.137. The van der Waals surface area contributed by atoms with Gasteiger partial charge in [-0.25, -0.2) is 14.4 Å². The van der Waals surface area contributed by atoms with Gasteiger partial charge in [0, 0.05) is 57.2 Å². The third kappa shape index (κ3) is 6.54. The molecule has 11 heteroatoms. The van der Waals surface area contributed by atoms with Crippen LogP contribution in [0.5, 0.6) is 0 Å². The maximum atomic E-state index is 13.7. The van der Waals surface area contributed by atoms with Crippen molar-refractivity contribution < 1.29 is 17.6 Å². The number of nitrogens with zero attached hydrogens (tertiary/aromatic N) is 5. The molecule has 6 nitrogen and oxygen atoms in total. The van der Waals surface area contributed by atoms with Gasteiger partial charge in [0.05, 0.1) is 10.6 Å². The summed E-state index contributed by atoms with van der Waals surface area (Å²) in [7, 11) is 0. The number of hydrogen-bond donors (Lipinski definition) is 1. The molecule has 2 aliphatic rings. The summed E-state index contributed by atoms with van der Waals surface area (Å²) in [6.45, 7) is 7.28. The number of piperidine rings is 1. The van der Waals surface area contributed by atoms with Crippen molar-refractivity contribution in [3.05, 3.63) is 77.0 Å². The minimum absolute atomic E-state index is 0.0468. The smallest absolute Gasteiger partial charge is 0.398 e. The van der Waals surface area contributed by atoms with Crippen LogP contribution in [0.2, 0.25) is 5.02 Å². The van der Waals surface area contributed by atoms with Crippen molar-refractivity contribution >= 4 is 29.0 Å². The number of aromatic nitrogens is 1. The number of pyridine rings is 1. The summed E-state index contributed by atoms with van der Waals surface area (Å²) in [4.78, 5) is 14.5. The zero-order valence-corrected chi connectivity index (χ0v) is 21.1. The van der Waals surface area contributed by atoms with Gasteiger partial charge in [-0.15, -0.1) is 0 Å². The minimum atomic E-state index is -4.49. The highest BCUT2D eigenvalue weighted by atomic mass is 35.5. The lowest BCUT2D eigenvalue weighted by Crippen LogP contribution is -2.49. The molecule has 0 unspecified atom stereocenters. The molecule has 2 N–H and O–H groups in total. The molecule has 1 aromatic carbocycles. The van der Waals surface area contributed by atoms with Crippen molar-refractivity contribution in [1.29, 1.82) is 0 Å². The van der Waals surface area contributed by atoms with E-state index < -0.39 is 17.6 Å². The van der Waals surface area contributed by atoms with Crippen LogP contribution in [-0.4, -0.2) is 59.9 Å². The first-order valence-corrected chi connectivity index (χ1v) is 12.5. The first-order valence-electron chi connectivity index (χ1n) is 12.1. The van der Waals surface area contributed by atoms with E-state index in [1.54, 1.807) is 11.0 Å². The average Bonchev–Trinajstić information content (AvgIpc) is 2.90. The van der Waals surface area contributed by atoms with Gasteiger partial charge in [0.1, 0.15) is 23.3 Å². The number of piperazine rings is 1. The standard InChI is InChI=1S/C26H29ClF4N6/c1-18(35-10-3-2-4-11-35)34-24(17-23(32)19-7-8-22(28)21(27)16-19)36-12-14-37(15-13-36)25-20(26(29,30)31)6-5-9-33-25/h5-9,16-17H,1-4,10-15,32H2/b23-17-,34-24?. The van der Waals surface area contributed by atoms with Gasteiger partial charge in [0.15, 0.2) is 0 Å². The molecule has 3 heterocycles. The van der Waals surface area contributed by atoms with Crippen LogP contribution in [0, 0.1) is 5.82 Å². The normalized spacial score (nSPS) is 17.8. The Labute approximate surface area is 218 Å². The van der Waals surface area contributed by atoms with Gasteiger partial charge >= 0.3 is 6.18 Å². The molecule has 2 aliphatic heterocycles. The van der Waals surface area contributed by atoms with E-state index in [0.717, 1.165) is 38.4 Å². The number of nitrogens with two attached hydrogens (primary N) is 1. The van der Waals surface area contributed by atoms with E-state index >= 15 is 0 Å². The van der Waals surface area contributed by atoms with E-state index in [1.165, 1.54) is 30.5 Å². The van der Waals surface area contributed by atoms with Crippen LogP contribution in [0.3, 0.4) is 0 Å². The molecule has 0 bridgehead atoms. The van der Waals surface area contributed by atoms with Gasteiger partial charge < -0.3 is 20.4 Å². The first kappa shape index (κ1) is 26.8. The Balaban J connectivity index is 1.58. The number of amidine groups is 1. The van der Waals surface area contributed by atoms with Crippen LogP contribution in [0.15, 0.2) is 60.0 Å². The Bertz CT molecular complexity index is 1180. The molecule has 0 radical (unpaired) electrons.